The SMILES string of the molecule is O=C(Nc1ccccc1)OCc1cccnc1Sc1ccc(Br)cc1. The summed E-state index contributed by atoms with van der Waals surface area (Å²) in [5.41, 5.74) is 1.56. The van der Waals surface area contributed by atoms with Crippen LogP contribution in [0.5, 0.6) is 0 Å². The van der Waals surface area contributed by atoms with E-state index in [1.165, 1.54) is 11.8 Å². The highest BCUT2D eigenvalue weighted by Crippen LogP contribution is 2.29. The van der Waals surface area contributed by atoms with E-state index in [-0.39, 0.29) is 6.61 Å². The van der Waals surface area contributed by atoms with Crippen LogP contribution in [-0.4, -0.2) is 11.1 Å². The molecule has 4 nitrogen and oxygen atoms in total. The molecule has 0 aliphatic carbocycles. The Balaban J connectivity index is 1.62. The van der Waals surface area contributed by atoms with Crippen molar-refractivity contribution >= 4 is 39.5 Å². The summed E-state index contributed by atoms with van der Waals surface area (Å²) in [6, 6.07) is 20.9. The van der Waals surface area contributed by atoms with Crippen LogP contribution in [0.2, 0.25) is 0 Å². The molecule has 1 amide bonds. The summed E-state index contributed by atoms with van der Waals surface area (Å²) in [5, 5.41) is 3.51. The van der Waals surface area contributed by atoms with Gasteiger partial charge in [-0.1, -0.05) is 52.0 Å². The molecule has 1 N–H and O–H groups in total. The molecule has 0 spiro atoms. The van der Waals surface area contributed by atoms with Crippen molar-refractivity contribution in [3.8, 4) is 0 Å². The van der Waals surface area contributed by atoms with Crippen LogP contribution >= 0.6 is 27.7 Å². The van der Waals surface area contributed by atoms with Gasteiger partial charge in [-0.05, 0) is 42.5 Å². The Morgan fingerprint density at radius 2 is 1.80 bits per heavy atom. The predicted octanol–water partition coefficient (Wildman–Crippen LogP) is 5.74. The Bertz CT molecular complexity index is 842. The van der Waals surface area contributed by atoms with Crippen LogP contribution in [0.1, 0.15) is 5.56 Å². The minimum absolute atomic E-state index is 0.158. The minimum atomic E-state index is -0.491. The number of nitrogens with zero attached hydrogens (tertiary/aromatic N) is 1. The predicted molar refractivity (Wildman–Crippen MR) is 103 cm³/mol. The van der Waals surface area contributed by atoms with Gasteiger partial charge >= 0.3 is 6.09 Å². The third kappa shape index (κ3) is 5.34. The molecular formula is C19H15BrN2O2S. The van der Waals surface area contributed by atoms with Crippen LogP contribution in [0.25, 0.3) is 0 Å². The van der Waals surface area contributed by atoms with Crippen molar-refractivity contribution in [1.82, 2.24) is 4.98 Å². The van der Waals surface area contributed by atoms with E-state index in [9.17, 15) is 4.79 Å². The lowest BCUT2D eigenvalue weighted by Crippen LogP contribution is -2.13. The number of carbonyl (C=O) groups excluding carboxylic acids is 1. The second-order valence-corrected chi connectivity index (χ2v) is 7.07. The summed E-state index contributed by atoms with van der Waals surface area (Å²) in [5.74, 6) is 0. The lowest BCUT2D eigenvalue weighted by molar-refractivity contribution is 0.154. The molecule has 3 aromatic rings. The van der Waals surface area contributed by atoms with Crippen molar-refractivity contribution in [2.24, 2.45) is 0 Å². The number of ether oxygens (including phenoxy) is 1. The summed E-state index contributed by atoms with van der Waals surface area (Å²) in [4.78, 5) is 17.4. The van der Waals surface area contributed by atoms with Gasteiger partial charge in [-0.2, -0.15) is 0 Å². The normalized spacial score (nSPS) is 10.3. The molecule has 0 aliphatic rings. The molecule has 2 aromatic carbocycles. The van der Waals surface area contributed by atoms with Crippen molar-refractivity contribution < 1.29 is 9.53 Å². The maximum atomic E-state index is 11.9. The molecule has 1 aromatic heterocycles. The topological polar surface area (TPSA) is 51.2 Å². The second kappa shape index (κ2) is 8.69. The number of rotatable bonds is 5. The maximum Gasteiger partial charge on any atom is 0.411 e. The second-order valence-electron chi connectivity index (χ2n) is 5.09. The fourth-order valence-corrected chi connectivity index (χ4v) is 3.19. The van der Waals surface area contributed by atoms with Crippen molar-refractivity contribution in [1.29, 1.82) is 0 Å². The quantitative estimate of drug-likeness (QED) is 0.577. The third-order valence-electron chi connectivity index (χ3n) is 3.26. The van der Waals surface area contributed by atoms with Gasteiger partial charge in [-0.3, -0.25) is 5.32 Å². The highest BCUT2D eigenvalue weighted by Gasteiger charge is 2.09. The number of carbonyl (C=O) groups is 1. The van der Waals surface area contributed by atoms with Gasteiger partial charge in [0.1, 0.15) is 11.6 Å². The standard InChI is InChI=1S/C19H15BrN2O2S/c20-15-8-10-17(11-9-15)25-18-14(5-4-12-21-18)13-24-19(23)22-16-6-2-1-3-7-16/h1-12H,13H2,(H,22,23). The van der Waals surface area contributed by atoms with Gasteiger partial charge in [0.2, 0.25) is 0 Å². The molecular weight excluding hydrogens is 400 g/mol. The van der Waals surface area contributed by atoms with Gasteiger partial charge in [0.25, 0.3) is 0 Å². The molecule has 6 heteroatoms. The maximum absolute atomic E-state index is 11.9. The van der Waals surface area contributed by atoms with Crippen molar-refractivity contribution in [3.05, 3.63) is 83.0 Å². The van der Waals surface area contributed by atoms with E-state index in [0.29, 0.717) is 5.69 Å². The van der Waals surface area contributed by atoms with Crippen LogP contribution in [0.3, 0.4) is 0 Å². The lowest BCUT2D eigenvalue weighted by Gasteiger charge is -2.10. The highest BCUT2D eigenvalue weighted by molar-refractivity contribution is 9.10. The molecule has 0 aliphatic heterocycles. The smallest absolute Gasteiger partial charge is 0.411 e. The molecule has 0 atom stereocenters. The Labute approximate surface area is 158 Å². The van der Waals surface area contributed by atoms with Crippen molar-refractivity contribution in [2.45, 2.75) is 16.5 Å². The van der Waals surface area contributed by atoms with Gasteiger partial charge in [0, 0.05) is 26.8 Å². The van der Waals surface area contributed by atoms with Crippen LogP contribution < -0.4 is 5.32 Å². The number of hydrogen-bond acceptors (Lipinski definition) is 4. The molecule has 0 fully saturated rings. The molecule has 3 rings (SSSR count). The van der Waals surface area contributed by atoms with Crippen LogP contribution in [0.4, 0.5) is 10.5 Å². The van der Waals surface area contributed by atoms with E-state index in [0.717, 1.165) is 20.0 Å². The van der Waals surface area contributed by atoms with Crippen LogP contribution in [0.15, 0.2) is 87.3 Å². The molecule has 126 valence electrons. The summed E-state index contributed by atoms with van der Waals surface area (Å²) in [6.07, 6.45) is 1.24. The molecule has 0 unspecified atom stereocenters. The average Bonchev–Trinajstić information content (AvgIpc) is 2.64. The number of pyridine rings is 1. The van der Waals surface area contributed by atoms with Gasteiger partial charge in [-0.15, -0.1) is 0 Å². The fraction of sp³-hybridized carbons (Fsp3) is 0.0526. The first-order valence-electron chi connectivity index (χ1n) is 7.57. The molecule has 0 bridgehead atoms. The summed E-state index contributed by atoms with van der Waals surface area (Å²) >= 11 is 4.96. The summed E-state index contributed by atoms with van der Waals surface area (Å²) < 4.78 is 6.35. The van der Waals surface area contributed by atoms with E-state index in [2.05, 4.69) is 26.2 Å². The molecule has 0 radical (unpaired) electrons. The third-order valence-corrected chi connectivity index (χ3v) is 4.85. The van der Waals surface area contributed by atoms with Crippen LogP contribution in [-0.2, 0) is 11.3 Å². The zero-order valence-electron chi connectivity index (χ0n) is 13.2. The Hall–Kier alpha value is -2.31. The van der Waals surface area contributed by atoms with E-state index in [4.69, 9.17) is 4.74 Å². The van der Waals surface area contributed by atoms with Crippen molar-refractivity contribution in [3.63, 3.8) is 0 Å². The van der Waals surface area contributed by atoms with E-state index < -0.39 is 6.09 Å². The minimum Gasteiger partial charge on any atom is -0.444 e. The monoisotopic (exact) mass is 414 g/mol. The Kier molecular flexibility index (Phi) is 6.09. The number of amides is 1. The number of nitrogens with one attached hydrogen (secondary N) is 1. The molecule has 25 heavy (non-hydrogen) atoms. The van der Waals surface area contributed by atoms with Gasteiger partial charge < -0.3 is 4.74 Å². The number of hydrogen-bond donors (Lipinski definition) is 1. The highest BCUT2D eigenvalue weighted by atomic mass is 79.9. The van der Waals surface area contributed by atoms with Gasteiger partial charge in [0.15, 0.2) is 0 Å². The van der Waals surface area contributed by atoms with E-state index >= 15 is 0 Å². The Morgan fingerprint density at radius 3 is 2.56 bits per heavy atom. The molecule has 0 saturated heterocycles. The first-order chi connectivity index (χ1) is 12.2. The first-order valence-corrected chi connectivity index (χ1v) is 9.18. The Morgan fingerprint density at radius 1 is 1.04 bits per heavy atom. The van der Waals surface area contributed by atoms with E-state index in [1.54, 1.807) is 18.3 Å². The van der Waals surface area contributed by atoms with Gasteiger partial charge in [-0.25, -0.2) is 9.78 Å². The average molecular weight is 415 g/mol. The zero-order valence-corrected chi connectivity index (χ0v) is 15.6. The molecule has 0 saturated carbocycles. The first kappa shape index (κ1) is 17.5. The lowest BCUT2D eigenvalue weighted by atomic mass is 10.3. The van der Waals surface area contributed by atoms with Gasteiger partial charge in [0.05, 0.1) is 0 Å². The number of benzene rings is 2. The molecule has 1 heterocycles. The largest absolute Gasteiger partial charge is 0.444 e. The van der Waals surface area contributed by atoms with Crippen molar-refractivity contribution in [2.75, 3.05) is 5.32 Å². The number of aromatic nitrogens is 1. The number of para-hydroxylation sites is 1. The number of halogens is 1. The summed E-state index contributed by atoms with van der Waals surface area (Å²) in [7, 11) is 0. The van der Waals surface area contributed by atoms with E-state index in [1.807, 2.05) is 54.6 Å². The number of anilines is 1. The zero-order chi connectivity index (χ0) is 17.5. The summed E-state index contributed by atoms with van der Waals surface area (Å²) in [6.45, 7) is 0.158. The fourth-order valence-electron chi connectivity index (χ4n) is 2.06. The van der Waals surface area contributed by atoms with Crippen LogP contribution in [0, 0.1) is 0 Å².